The van der Waals surface area contributed by atoms with Crippen molar-refractivity contribution in [3.8, 4) is 6.07 Å². The van der Waals surface area contributed by atoms with Crippen LogP contribution in [0.1, 0.15) is 19.3 Å². The number of rotatable bonds is 5. The normalized spacial score (nSPS) is 22.0. The number of ketones is 1. The van der Waals surface area contributed by atoms with Crippen molar-refractivity contribution in [2.45, 2.75) is 19.3 Å². The average Bonchev–Trinajstić information content (AvgIpc) is 2.17. The fourth-order valence-corrected chi connectivity index (χ4v) is 2.37. The summed E-state index contributed by atoms with van der Waals surface area (Å²) in [4.78, 5) is 15.7. The van der Waals surface area contributed by atoms with Crippen LogP contribution in [0.4, 0.5) is 0 Å². The molecule has 1 atom stereocenters. The first-order valence-electron chi connectivity index (χ1n) is 5.87. The van der Waals surface area contributed by atoms with Gasteiger partial charge in [0, 0.05) is 13.1 Å². The minimum Gasteiger partial charge on any atom is -0.306 e. The Labute approximate surface area is 97.8 Å². The molecule has 1 rings (SSSR count). The molecule has 0 radical (unpaired) electrons. The van der Waals surface area contributed by atoms with Gasteiger partial charge in [-0.2, -0.15) is 5.26 Å². The van der Waals surface area contributed by atoms with Crippen LogP contribution in [0.3, 0.4) is 0 Å². The average molecular weight is 223 g/mol. The van der Waals surface area contributed by atoms with Crippen molar-refractivity contribution < 1.29 is 4.79 Å². The monoisotopic (exact) mass is 223 g/mol. The maximum atomic E-state index is 11.3. The molecule has 0 saturated carbocycles. The number of carbonyl (C=O) groups is 1. The lowest BCUT2D eigenvalue weighted by atomic mass is 9.98. The molecule has 4 heteroatoms. The Morgan fingerprint density at radius 2 is 2.38 bits per heavy atom. The van der Waals surface area contributed by atoms with E-state index < -0.39 is 0 Å². The number of likely N-dealkylation sites (N-methyl/N-ethyl adjacent to an activating group) is 1. The smallest absolute Gasteiger partial charge is 0.160 e. The van der Waals surface area contributed by atoms with Gasteiger partial charge in [0.25, 0.3) is 0 Å². The third-order valence-electron chi connectivity index (χ3n) is 3.01. The molecule has 16 heavy (non-hydrogen) atoms. The number of likely N-dealkylation sites (tertiary alicyclic amines) is 1. The van der Waals surface area contributed by atoms with Crippen LogP contribution in [-0.4, -0.2) is 55.9 Å². The second-order valence-corrected chi connectivity index (χ2v) is 4.84. The van der Waals surface area contributed by atoms with Gasteiger partial charge >= 0.3 is 0 Å². The maximum Gasteiger partial charge on any atom is 0.160 e. The highest BCUT2D eigenvalue weighted by Gasteiger charge is 2.19. The SMILES string of the molecule is CN1CCCC(CN(C)CC(=O)CC#N)C1. The van der Waals surface area contributed by atoms with Crippen molar-refractivity contribution in [1.29, 1.82) is 5.26 Å². The zero-order chi connectivity index (χ0) is 12.0. The van der Waals surface area contributed by atoms with Gasteiger partial charge < -0.3 is 4.90 Å². The first kappa shape index (κ1) is 13.1. The highest BCUT2D eigenvalue weighted by Crippen LogP contribution is 2.15. The summed E-state index contributed by atoms with van der Waals surface area (Å²) in [5.74, 6) is 0.688. The van der Waals surface area contributed by atoms with E-state index in [-0.39, 0.29) is 12.2 Å². The van der Waals surface area contributed by atoms with E-state index in [2.05, 4.69) is 11.9 Å². The van der Waals surface area contributed by atoms with E-state index in [0.717, 1.165) is 13.1 Å². The van der Waals surface area contributed by atoms with Gasteiger partial charge in [0.1, 0.15) is 0 Å². The minimum atomic E-state index is 0.0224. The quantitative estimate of drug-likeness (QED) is 0.690. The molecule has 0 amide bonds. The molecule has 1 fully saturated rings. The molecule has 1 heterocycles. The third-order valence-corrected chi connectivity index (χ3v) is 3.01. The predicted octanol–water partition coefficient (Wildman–Crippen LogP) is 0.743. The highest BCUT2D eigenvalue weighted by molar-refractivity contribution is 5.82. The third kappa shape index (κ3) is 4.73. The Morgan fingerprint density at radius 1 is 1.62 bits per heavy atom. The second-order valence-electron chi connectivity index (χ2n) is 4.84. The van der Waals surface area contributed by atoms with E-state index in [1.165, 1.54) is 19.4 Å². The Balaban J connectivity index is 2.25. The summed E-state index contributed by atoms with van der Waals surface area (Å²) >= 11 is 0. The molecular formula is C12H21N3O. The predicted molar refractivity (Wildman–Crippen MR) is 63.0 cm³/mol. The Morgan fingerprint density at radius 3 is 3.00 bits per heavy atom. The van der Waals surface area contributed by atoms with Gasteiger partial charge in [0.15, 0.2) is 5.78 Å². The molecule has 1 aliphatic heterocycles. The zero-order valence-electron chi connectivity index (χ0n) is 10.3. The molecular weight excluding hydrogens is 202 g/mol. The van der Waals surface area contributed by atoms with E-state index in [0.29, 0.717) is 12.5 Å². The van der Waals surface area contributed by atoms with Crippen LogP contribution in [0.15, 0.2) is 0 Å². The van der Waals surface area contributed by atoms with E-state index in [9.17, 15) is 4.79 Å². The summed E-state index contributed by atoms with van der Waals surface area (Å²) < 4.78 is 0. The number of nitriles is 1. The first-order valence-corrected chi connectivity index (χ1v) is 5.87. The number of Topliss-reactive ketones (excluding diaryl/α,β-unsaturated/α-hetero) is 1. The molecule has 4 nitrogen and oxygen atoms in total. The van der Waals surface area contributed by atoms with Crippen LogP contribution in [0.5, 0.6) is 0 Å². The molecule has 90 valence electrons. The van der Waals surface area contributed by atoms with Crippen molar-refractivity contribution in [3.05, 3.63) is 0 Å². The molecule has 0 N–H and O–H groups in total. The van der Waals surface area contributed by atoms with Crippen LogP contribution < -0.4 is 0 Å². The summed E-state index contributed by atoms with van der Waals surface area (Å²) in [6.07, 6.45) is 2.54. The number of hydrogen-bond acceptors (Lipinski definition) is 4. The van der Waals surface area contributed by atoms with Gasteiger partial charge in [-0.1, -0.05) is 0 Å². The molecule has 1 unspecified atom stereocenters. The van der Waals surface area contributed by atoms with Crippen molar-refractivity contribution in [2.24, 2.45) is 5.92 Å². The summed E-state index contributed by atoms with van der Waals surface area (Å²) in [7, 11) is 4.11. The number of carbonyl (C=O) groups excluding carboxylic acids is 1. The van der Waals surface area contributed by atoms with Crippen LogP contribution in [0, 0.1) is 17.2 Å². The fourth-order valence-electron chi connectivity index (χ4n) is 2.37. The molecule has 0 aliphatic carbocycles. The lowest BCUT2D eigenvalue weighted by Crippen LogP contribution is -2.39. The maximum absolute atomic E-state index is 11.3. The van der Waals surface area contributed by atoms with Crippen molar-refractivity contribution in [1.82, 2.24) is 9.80 Å². The van der Waals surface area contributed by atoms with Gasteiger partial charge in [0.2, 0.25) is 0 Å². The molecule has 0 aromatic heterocycles. The van der Waals surface area contributed by atoms with Crippen LogP contribution >= 0.6 is 0 Å². The summed E-state index contributed by atoms with van der Waals surface area (Å²) in [5, 5.41) is 8.41. The Bertz CT molecular complexity index is 272. The zero-order valence-corrected chi connectivity index (χ0v) is 10.3. The Kier molecular flexibility index (Phi) is 5.44. The minimum absolute atomic E-state index is 0.0224. The van der Waals surface area contributed by atoms with Crippen LogP contribution in [0.2, 0.25) is 0 Å². The molecule has 0 bridgehead atoms. The molecule has 1 saturated heterocycles. The van der Waals surface area contributed by atoms with Crippen molar-refractivity contribution in [3.63, 3.8) is 0 Å². The topological polar surface area (TPSA) is 47.3 Å². The van der Waals surface area contributed by atoms with Gasteiger partial charge in [-0.15, -0.1) is 0 Å². The van der Waals surface area contributed by atoms with Crippen LogP contribution in [0.25, 0.3) is 0 Å². The van der Waals surface area contributed by atoms with Gasteiger partial charge in [-0.3, -0.25) is 9.69 Å². The molecule has 1 aliphatic rings. The largest absolute Gasteiger partial charge is 0.306 e. The van der Waals surface area contributed by atoms with Crippen molar-refractivity contribution >= 4 is 5.78 Å². The summed E-state index contributed by atoms with van der Waals surface area (Å²) in [5.41, 5.74) is 0. The van der Waals surface area contributed by atoms with Crippen LogP contribution in [-0.2, 0) is 4.79 Å². The number of nitrogens with zero attached hydrogens (tertiary/aromatic N) is 3. The summed E-state index contributed by atoms with van der Waals surface area (Å²) in [6.45, 7) is 3.68. The lowest BCUT2D eigenvalue weighted by Gasteiger charge is -2.32. The molecule has 0 aromatic carbocycles. The number of hydrogen-bond donors (Lipinski definition) is 0. The van der Waals surface area contributed by atoms with E-state index in [1.807, 2.05) is 18.0 Å². The van der Waals surface area contributed by atoms with E-state index in [1.54, 1.807) is 0 Å². The number of piperidine rings is 1. The first-order chi connectivity index (χ1) is 7.61. The second kappa shape index (κ2) is 6.62. The molecule has 0 spiro atoms. The standard InChI is InChI=1S/C12H21N3O/c1-14-7-3-4-11(8-14)9-15(2)10-12(16)5-6-13/h11H,3-5,7-10H2,1-2H3. The van der Waals surface area contributed by atoms with E-state index in [4.69, 9.17) is 5.26 Å². The van der Waals surface area contributed by atoms with Gasteiger partial charge in [-0.05, 0) is 39.4 Å². The Hall–Kier alpha value is -0.920. The lowest BCUT2D eigenvalue weighted by molar-refractivity contribution is -0.119. The fraction of sp³-hybridized carbons (Fsp3) is 0.833. The summed E-state index contributed by atoms with van der Waals surface area (Å²) in [6, 6.07) is 1.90. The van der Waals surface area contributed by atoms with Gasteiger partial charge in [-0.25, -0.2) is 0 Å². The van der Waals surface area contributed by atoms with E-state index >= 15 is 0 Å². The molecule has 0 aromatic rings. The van der Waals surface area contributed by atoms with Crippen molar-refractivity contribution in [2.75, 3.05) is 40.3 Å². The highest BCUT2D eigenvalue weighted by atomic mass is 16.1. The van der Waals surface area contributed by atoms with Gasteiger partial charge in [0.05, 0.1) is 19.0 Å².